The molecule has 0 aliphatic rings. The molecule has 1 N–H and O–H groups in total. The standard InChI is InChI=1S/C24H24N4O2/c1-17-10-11-20(15-18(17)2)23(29)26-13-14-27-22-21(9-6-12-25-22)28(24(27)30)16-19-7-4-3-5-8-19/h3-12,15H,13-14,16H2,1-2H3,(H,26,29). The van der Waals surface area contributed by atoms with E-state index in [-0.39, 0.29) is 11.6 Å². The fraction of sp³-hybridized carbons (Fsp3) is 0.208. The number of pyridine rings is 1. The third-order valence-corrected chi connectivity index (χ3v) is 5.35. The summed E-state index contributed by atoms with van der Waals surface area (Å²) in [6, 6.07) is 19.2. The second-order valence-corrected chi connectivity index (χ2v) is 7.41. The van der Waals surface area contributed by atoms with Gasteiger partial charge in [0.15, 0.2) is 5.65 Å². The van der Waals surface area contributed by atoms with Crippen LogP contribution in [-0.4, -0.2) is 26.6 Å². The van der Waals surface area contributed by atoms with Gasteiger partial charge in [-0.05, 0) is 54.8 Å². The second-order valence-electron chi connectivity index (χ2n) is 7.41. The van der Waals surface area contributed by atoms with Gasteiger partial charge in [-0.3, -0.25) is 13.9 Å². The van der Waals surface area contributed by atoms with Crippen LogP contribution in [0.2, 0.25) is 0 Å². The van der Waals surface area contributed by atoms with Crippen molar-refractivity contribution in [2.24, 2.45) is 0 Å². The second kappa shape index (κ2) is 8.37. The van der Waals surface area contributed by atoms with Crippen LogP contribution in [0.1, 0.15) is 27.0 Å². The lowest BCUT2D eigenvalue weighted by Gasteiger charge is -2.08. The summed E-state index contributed by atoms with van der Waals surface area (Å²) in [5, 5.41) is 2.91. The highest BCUT2D eigenvalue weighted by Gasteiger charge is 2.14. The minimum atomic E-state index is -0.146. The normalized spacial score (nSPS) is 11.0. The van der Waals surface area contributed by atoms with Crippen LogP contribution < -0.4 is 11.0 Å². The van der Waals surface area contributed by atoms with Crippen molar-refractivity contribution in [2.75, 3.05) is 6.54 Å². The van der Waals surface area contributed by atoms with Gasteiger partial charge >= 0.3 is 5.69 Å². The molecule has 6 nitrogen and oxygen atoms in total. The molecule has 30 heavy (non-hydrogen) atoms. The number of amides is 1. The first-order valence-electron chi connectivity index (χ1n) is 9.98. The molecule has 0 fully saturated rings. The average molecular weight is 400 g/mol. The highest BCUT2D eigenvalue weighted by atomic mass is 16.2. The first-order valence-corrected chi connectivity index (χ1v) is 9.98. The predicted molar refractivity (Wildman–Crippen MR) is 118 cm³/mol. The number of benzene rings is 2. The molecule has 0 spiro atoms. The van der Waals surface area contributed by atoms with E-state index in [1.165, 1.54) is 0 Å². The molecule has 0 aliphatic heterocycles. The van der Waals surface area contributed by atoms with Gasteiger partial charge in [0, 0.05) is 24.8 Å². The highest BCUT2D eigenvalue weighted by Crippen LogP contribution is 2.13. The molecule has 6 heteroatoms. The van der Waals surface area contributed by atoms with Crippen LogP contribution in [0.3, 0.4) is 0 Å². The minimum Gasteiger partial charge on any atom is -0.350 e. The zero-order chi connectivity index (χ0) is 21.1. The van der Waals surface area contributed by atoms with Crippen molar-refractivity contribution in [2.45, 2.75) is 26.9 Å². The molecule has 0 unspecified atom stereocenters. The predicted octanol–water partition coefficient (Wildman–Crippen LogP) is 3.29. The van der Waals surface area contributed by atoms with Gasteiger partial charge in [0.2, 0.25) is 0 Å². The lowest BCUT2D eigenvalue weighted by molar-refractivity contribution is 0.0952. The van der Waals surface area contributed by atoms with Crippen LogP contribution >= 0.6 is 0 Å². The molecule has 0 aliphatic carbocycles. The number of hydrogen-bond donors (Lipinski definition) is 1. The Labute approximate surface area is 174 Å². The Morgan fingerprint density at radius 1 is 0.967 bits per heavy atom. The summed E-state index contributed by atoms with van der Waals surface area (Å²) >= 11 is 0. The number of fused-ring (bicyclic) bond motifs is 1. The van der Waals surface area contributed by atoms with Gasteiger partial charge in [-0.15, -0.1) is 0 Å². The molecule has 0 saturated heterocycles. The van der Waals surface area contributed by atoms with Crippen LogP contribution in [0.5, 0.6) is 0 Å². The number of nitrogens with one attached hydrogen (secondary N) is 1. The Morgan fingerprint density at radius 3 is 2.53 bits per heavy atom. The van der Waals surface area contributed by atoms with E-state index < -0.39 is 0 Å². The van der Waals surface area contributed by atoms with Crippen LogP contribution in [0.4, 0.5) is 0 Å². The molecule has 4 aromatic rings. The van der Waals surface area contributed by atoms with E-state index in [9.17, 15) is 9.59 Å². The number of aromatic nitrogens is 3. The number of carbonyl (C=O) groups excluding carboxylic acids is 1. The molecule has 2 aromatic carbocycles. The van der Waals surface area contributed by atoms with Crippen molar-refractivity contribution >= 4 is 17.1 Å². The number of rotatable bonds is 6. The minimum absolute atomic E-state index is 0.131. The molecule has 0 radical (unpaired) electrons. The fourth-order valence-electron chi connectivity index (χ4n) is 3.53. The van der Waals surface area contributed by atoms with Crippen molar-refractivity contribution in [3.05, 3.63) is 99.6 Å². The maximum Gasteiger partial charge on any atom is 0.330 e. The smallest absolute Gasteiger partial charge is 0.330 e. The van der Waals surface area contributed by atoms with Gasteiger partial charge in [0.1, 0.15) is 0 Å². The van der Waals surface area contributed by atoms with Gasteiger partial charge < -0.3 is 5.32 Å². The topological polar surface area (TPSA) is 68.9 Å². The lowest BCUT2D eigenvalue weighted by atomic mass is 10.1. The Bertz CT molecular complexity index is 1260. The zero-order valence-corrected chi connectivity index (χ0v) is 17.1. The van der Waals surface area contributed by atoms with E-state index in [0.29, 0.717) is 30.8 Å². The first kappa shape index (κ1) is 19.6. The molecule has 152 valence electrons. The van der Waals surface area contributed by atoms with Gasteiger partial charge in [-0.25, -0.2) is 9.78 Å². The van der Waals surface area contributed by atoms with Crippen molar-refractivity contribution in [3.63, 3.8) is 0 Å². The molecule has 1 amide bonds. The van der Waals surface area contributed by atoms with Crippen LogP contribution in [0.15, 0.2) is 71.7 Å². The SMILES string of the molecule is Cc1ccc(C(=O)NCCn2c(=O)n(Cc3ccccc3)c3cccnc32)cc1C. The van der Waals surface area contributed by atoms with Crippen molar-refractivity contribution in [3.8, 4) is 0 Å². The van der Waals surface area contributed by atoms with E-state index >= 15 is 0 Å². The lowest BCUT2D eigenvalue weighted by Crippen LogP contribution is -2.32. The largest absolute Gasteiger partial charge is 0.350 e. The summed E-state index contributed by atoms with van der Waals surface area (Å²) in [6.07, 6.45) is 1.68. The van der Waals surface area contributed by atoms with E-state index in [0.717, 1.165) is 22.2 Å². The Hall–Kier alpha value is -3.67. The van der Waals surface area contributed by atoms with E-state index in [1.807, 2.05) is 74.5 Å². The number of aryl methyl sites for hydroxylation is 2. The number of carbonyl (C=O) groups is 1. The summed E-state index contributed by atoms with van der Waals surface area (Å²) in [5.74, 6) is -0.146. The molecule has 2 aromatic heterocycles. The third kappa shape index (κ3) is 3.89. The van der Waals surface area contributed by atoms with E-state index in [4.69, 9.17) is 0 Å². The molecule has 4 rings (SSSR count). The number of imidazole rings is 1. The molecule has 0 bridgehead atoms. The van der Waals surface area contributed by atoms with Gasteiger partial charge in [-0.1, -0.05) is 36.4 Å². The maximum absolute atomic E-state index is 13.1. The van der Waals surface area contributed by atoms with Gasteiger partial charge in [-0.2, -0.15) is 0 Å². The van der Waals surface area contributed by atoms with Crippen molar-refractivity contribution in [1.82, 2.24) is 19.4 Å². The van der Waals surface area contributed by atoms with Crippen LogP contribution in [0.25, 0.3) is 11.2 Å². The van der Waals surface area contributed by atoms with E-state index in [1.54, 1.807) is 15.3 Å². The third-order valence-electron chi connectivity index (χ3n) is 5.35. The molecule has 0 saturated carbocycles. The summed E-state index contributed by atoms with van der Waals surface area (Å²) in [6.45, 7) is 5.17. The first-order chi connectivity index (χ1) is 14.5. The van der Waals surface area contributed by atoms with Crippen molar-refractivity contribution in [1.29, 1.82) is 0 Å². The van der Waals surface area contributed by atoms with Gasteiger partial charge in [0.25, 0.3) is 5.91 Å². The molecular weight excluding hydrogens is 376 g/mol. The van der Waals surface area contributed by atoms with Crippen LogP contribution in [-0.2, 0) is 13.1 Å². The molecule has 2 heterocycles. The van der Waals surface area contributed by atoms with Crippen molar-refractivity contribution < 1.29 is 4.79 Å². The van der Waals surface area contributed by atoms with Gasteiger partial charge in [0.05, 0.1) is 12.1 Å². The summed E-state index contributed by atoms with van der Waals surface area (Å²) in [5.41, 5.74) is 5.17. The Morgan fingerprint density at radius 2 is 1.77 bits per heavy atom. The summed E-state index contributed by atoms with van der Waals surface area (Å²) < 4.78 is 3.35. The molecular formula is C24H24N4O2. The highest BCUT2D eigenvalue weighted by molar-refractivity contribution is 5.94. The number of nitrogens with zero attached hydrogens (tertiary/aromatic N) is 3. The number of hydrogen-bond acceptors (Lipinski definition) is 3. The summed E-state index contributed by atoms with van der Waals surface area (Å²) in [7, 11) is 0. The van der Waals surface area contributed by atoms with Crippen LogP contribution in [0, 0.1) is 13.8 Å². The quantitative estimate of drug-likeness (QED) is 0.540. The maximum atomic E-state index is 13.1. The zero-order valence-electron chi connectivity index (χ0n) is 17.1. The average Bonchev–Trinajstić information content (AvgIpc) is 3.02. The summed E-state index contributed by atoms with van der Waals surface area (Å²) in [4.78, 5) is 30.0. The Kier molecular flexibility index (Phi) is 5.48. The molecule has 0 atom stereocenters. The fourth-order valence-corrected chi connectivity index (χ4v) is 3.53. The monoisotopic (exact) mass is 400 g/mol. The Balaban J connectivity index is 1.54. The van der Waals surface area contributed by atoms with E-state index in [2.05, 4.69) is 10.3 Å².